The first kappa shape index (κ1) is 21.4. The van der Waals surface area contributed by atoms with Crippen molar-refractivity contribution in [3.8, 4) is 5.69 Å². The zero-order chi connectivity index (χ0) is 22.9. The highest BCUT2D eigenvalue weighted by molar-refractivity contribution is 6.34. The first-order chi connectivity index (χ1) is 16.0. The Kier molecular flexibility index (Phi) is 5.70. The van der Waals surface area contributed by atoms with Crippen molar-refractivity contribution in [2.75, 3.05) is 31.6 Å². The predicted molar refractivity (Wildman–Crippen MR) is 125 cm³/mol. The van der Waals surface area contributed by atoms with Gasteiger partial charge in [0.2, 0.25) is 5.95 Å². The van der Waals surface area contributed by atoms with Gasteiger partial charge in [0.15, 0.2) is 0 Å². The van der Waals surface area contributed by atoms with Crippen LogP contribution in [-0.2, 0) is 4.74 Å². The van der Waals surface area contributed by atoms with Crippen LogP contribution in [0.15, 0.2) is 54.9 Å². The van der Waals surface area contributed by atoms with Gasteiger partial charge in [0, 0.05) is 42.2 Å². The molecule has 7 nitrogen and oxygen atoms in total. The number of benzene rings is 2. The van der Waals surface area contributed by atoms with Crippen LogP contribution in [0.25, 0.3) is 16.7 Å². The van der Waals surface area contributed by atoms with Crippen LogP contribution in [0.1, 0.15) is 15.9 Å². The molecule has 3 heterocycles. The Labute approximate surface area is 194 Å². The lowest BCUT2D eigenvalue weighted by atomic mass is 10.1. The molecular weight excluding hydrogens is 445 g/mol. The van der Waals surface area contributed by atoms with Crippen LogP contribution in [0, 0.1) is 12.7 Å². The standard InChI is InChI=1S/C24H21ClFN5O2/c1-15-12-17(2-5-21(15)26)28-24-27-14-16-6-7-31(22(16)29-24)18-3-4-19(20(25)13-18)23(32)30-8-10-33-11-9-30/h2-7,12-14H,8-11H2,1H3,(H,27,28,29). The van der Waals surface area contributed by atoms with Gasteiger partial charge in [0.05, 0.1) is 23.8 Å². The van der Waals surface area contributed by atoms with E-state index in [0.717, 1.165) is 11.1 Å². The third-order valence-corrected chi connectivity index (χ3v) is 5.91. The number of hydrogen-bond acceptors (Lipinski definition) is 5. The molecule has 0 atom stereocenters. The summed E-state index contributed by atoms with van der Waals surface area (Å²) in [6, 6.07) is 12.0. The number of halogens is 2. The van der Waals surface area contributed by atoms with E-state index < -0.39 is 0 Å². The zero-order valence-electron chi connectivity index (χ0n) is 17.9. The molecule has 1 aliphatic rings. The lowest BCUT2D eigenvalue weighted by Gasteiger charge is -2.27. The van der Waals surface area contributed by atoms with Crippen LogP contribution >= 0.6 is 11.6 Å². The van der Waals surface area contributed by atoms with Gasteiger partial charge >= 0.3 is 0 Å². The number of amides is 1. The molecule has 1 saturated heterocycles. The summed E-state index contributed by atoms with van der Waals surface area (Å²) >= 11 is 6.51. The smallest absolute Gasteiger partial charge is 0.255 e. The summed E-state index contributed by atoms with van der Waals surface area (Å²) in [6.07, 6.45) is 3.59. The number of aryl methyl sites for hydroxylation is 1. The second-order valence-electron chi connectivity index (χ2n) is 7.82. The van der Waals surface area contributed by atoms with Crippen molar-refractivity contribution in [2.45, 2.75) is 6.92 Å². The monoisotopic (exact) mass is 465 g/mol. The van der Waals surface area contributed by atoms with Gasteiger partial charge in [-0.25, -0.2) is 9.37 Å². The Balaban J connectivity index is 1.44. The molecule has 1 aliphatic heterocycles. The van der Waals surface area contributed by atoms with Gasteiger partial charge in [-0.15, -0.1) is 0 Å². The zero-order valence-corrected chi connectivity index (χ0v) is 18.6. The molecule has 0 radical (unpaired) electrons. The summed E-state index contributed by atoms with van der Waals surface area (Å²) in [4.78, 5) is 23.6. The number of carbonyl (C=O) groups excluding carboxylic acids is 1. The van der Waals surface area contributed by atoms with Crippen LogP contribution in [0.4, 0.5) is 16.0 Å². The van der Waals surface area contributed by atoms with Crippen molar-refractivity contribution in [3.63, 3.8) is 0 Å². The quantitative estimate of drug-likeness (QED) is 0.471. The van der Waals surface area contributed by atoms with Crippen LogP contribution < -0.4 is 5.32 Å². The maximum absolute atomic E-state index is 13.6. The van der Waals surface area contributed by atoms with Gasteiger partial charge in [-0.1, -0.05) is 11.6 Å². The number of nitrogens with zero attached hydrogens (tertiary/aromatic N) is 4. The third kappa shape index (κ3) is 4.27. The molecule has 2 aromatic carbocycles. The number of morpholine rings is 1. The fraction of sp³-hybridized carbons (Fsp3) is 0.208. The van der Waals surface area contributed by atoms with E-state index in [0.29, 0.717) is 59.7 Å². The molecule has 2 aromatic heterocycles. The normalized spacial score (nSPS) is 14.0. The highest BCUT2D eigenvalue weighted by Crippen LogP contribution is 2.26. The summed E-state index contributed by atoms with van der Waals surface area (Å²) in [7, 11) is 0. The molecule has 4 aromatic rings. The second-order valence-corrected chi connectivity index (χ2v) is 8.22. The van der Waals surface area contributed by atoms with Crippen LogP contribution in [0.3, 0.4) is 0 Å². The van der Waals surface area contributed by atoms with Crippen molar-refractivity contribution in [2.24, 2.45) is 0 Å². The summed E-state index contributed by atoms with van der Waals surface area (Å²) < 4.78 is 20.8. The lowest BCUT2D eigenvalue weighted by Crippen LogP contribution is -2.40. The Morgan fingerprint density at radius 2 is 1.97 bits per heavy atom. The van der Waals surface area contributed by atoms with Gasteiger partial charge in [0.1, 0.15) is 11.5 Å². The van der Waals surface area contributed by atoms with Crippen molar-refractivity contribution in [3.05, 3.63) is 76.8 Å². The number of hydrogen-bond donors (Lipinski definition) is 1. The molecule has 0 spiro atoms. The molecule has 0 saturated carbocycles. The first-order valence-electron chi connectivity index (χ1n) is 10.5. The molecule has 1 amide bonds. The van der Waals surface area contributed by atoms with Gasteiger partial charge < -0.3 is 19.5 Å². The maximum Gasteiger partial charge on any atom is 0.255 e. The molecule has 0 unspecified atom stereocenters. The Bertz CT molecular complexity index is 1350. The molecule has 0 aliphatic carbocycles. The number of rotatable bonds is 4. The Morgan fingerprint density at radius 1 is 1.15 bits per heavy atom. The molecule has 33 heavy (non-hydrogen) atoms. The van der Waals surface area contributed by atoms with Crippen molar-refractivity contribution in [1.82, 2.24) is 19.4 Å². The molecular formula is C24H21ClFN5O2. The second kappa shape index (κ2) is 8.80. The molecule has 1 fully saturated rings. The minimum absolute atomic E-state index is 0.101. The Morgan fingerprint density at radius 3 is 2.73 bits per heavy atom. The van der Waals surface area contributed by atoms with E-state index in [1.165, 1.54) is 6.07 Å². The maximum atomic E-state index is 13.6. The molecule has 0 bridgehead atoms. The summed E-state index contributed by atoms with van der Waals surface area (Å²) in [5.41, 5.74) is 3.14. The van der Waals surface area contributed by atoms with E-state index in [1.807, 2.05) is 22.9 Å². The number of carbonyl (C=O) groups is 1. The number of fused-ring (bicyclic) bond motifs is 1. The van der Waals surface area contributed by atoms with E-state index in [2.05, 4.69) is 15.3 Å². The van der Waals surface area contributed by atoms with E-state index >= 15 is 0 Å². The van der Waals surface area contributed by atoms with E-state index in [1.54, 1.807) is 42.3 Å². The van der Waals surface area contributed by atoms with Crippen molar-refractivity contribution >= 4 is 40.2 Å². The van der Waals surface area contributed by atoms with Gasteiger partial charge in [-0.3, -0.25) is 4.79 Å². The average Bonchev–Trinajstić information content (AvgIpc) is 3.25. The molecule has 9 heteroatoms. The van der Waals surface area contributed by atoms with Gasteiger partial charge in [-0.2, -0.15) is 4.98 Å². The molecule has 168 valence electrons. The fourth-order valence-corrected chi connectivity index (χ4v) is 4.06. The van der Waals surface area contributed by atoms with Crippen molar-refractivity contribution in [1.29, 1.82) is 0 Å². The van der Waals surface area contributed by atoms with Crippen molar-refractivity contribution < 1.29 is 13.9 Å². The number of ether oxygens (including phenoxy) is 1. The largest absolute Gasteiger partial charge is 0.378 e. The van der Waals surface area contributed by atoms with Gasteiger partial charge in [0.25, 0.3) is 5.91 Å². The minimum Gasteiger partial charge on any atom is -0.378 e. The van der Waals surface area contributed by atoms with Crippen LogP contribution in [-0.4, -0.2) is 51.6 Å². The topological polar surface area (TPSA) is 72.3 Å². The highest BCUT2D eigenvalue weighted by Gasteiger charge is 2.21. The Hall–Kier alpha value is -3.49. The fourth-order valence-electron chi connectivity index (χ4n) is 3.80. The van der Waals surface area contributed by atoms with E-state index in [4.69, 9.17) is 16.3 Å². The molecule has 5 rings (SSSR count). The third-order valence-electron chi connectivity index (χ3n) is 5.60. The van der Waals surface area contributed by atoms with Gasteiger partial charge in [-0.05, 0) is 55.0 Å². The summed E-state index contributed by atoms with van der Waals surface area (Å²) in [5, 5.41) is 4.34. The van der Waals surface area contributed by atoms with E-state index in [-0.39, 0.29) is 11.7 Å². The SMILES string of the molecule is Cc1cc(Nc2ncc3ccn(-c4ccc(C(=O)N5CCOCC5)c(Cl)c4)c3n2)ccc1F. The first-order valence-corrected chi connectivity index (χ1v) is 10.9. The van der Waals surface area contributed by atoms with Crippen LogP contribution in [0.5, 0.6) is 0 Å². The number of nitrogens with one attached hydrogen (secondary N) is 1. The number of anilines is 2. The molecule has 1 N–H and O–H groups in total. The average molecular weight is 466 g/mol. The van der Waals surface area contributed by atoms with E-state index in [9.17, 15) is 9.18 Å². The summed E-state index contributed by atoms with van der Waals surface area (Å²) in [5.74, 6) is 0.0208. The highest BCUT2D eigenvalue weighted by atomic mass is 35.5. The summed E-state index contributed by atoms with van der Waals surface area (Å²) in [6.45, 7) is 3.88. The minimum atomic E-state index is -0.266. The predicted octanol–water partition coefficient (Wildman–Crippen LogP) is 4.74. The van der Waals surface area contributed by atoms with Crippen LogP contribution in [0.2, 0.25) is 5.02 Å². The number of aromatic nitrogens is 3. The lowest BCUT2D eigenvalue weighted by molar-refractivity contribution is 0.0303.